The fourth-order valence-electron chi connectivity index (χ4n) is 2.59. The van der Waals surface area contributed by atoms with Crippen LogP contribution in [0.5, 0.6) is 0 Å². The molecule has 0 unspecified atom stereocenters. The van der Waals surface area contributed by atoms with Crippen molar-refractivity contribution in [1.29, 1.82) is 0 Å². The predicted octanol–water partition coefficient (Wildman–Crippen LogP) is 3.34. The molecule has 5 nitrogen and oxygen atoms in total. The minimum absolute atomic E-state index is 0.0301. The number of amides is 1. The maximum absolute atomic E-state index is 11.9. The van der Waals surface area contributed by atoms with Gasteiger partial charge in [-0.3, -0.25) is 4.79 Å². The van der Waals surface area contributed by atoms with Crippen LogP contribution in [0.25, 0.3) is 11.4 Å². The molecule has 5 heteroatoms. The molecule has 1 aromatic heterocycles. The van der Waals surface area contributed by atoms with Crippen LogP contribution in [0.2, 0.25) is 0 Å². The van der Waals surface area contributed by atoms with E-state index in [-0.39, 0.29) is 5.91 Å². The van der Waals surface area contributed by atoms with Gasteiger partial charge in [0.2, 0.25) is 17.6 Å². The van der Waals surface area contributed by atoms with Crippen molar-refractivity contribution in [2.24, 2.45) is 0 Å². The van der Waals surface area contributed by atoms with Gasteiger partial charge in [0.25, 0.3) is 0 Å². The van der Waals surface area contributed by atoms with Gasteiger partial charge in [0, 0.05) is 24.9 Å². The molecule has 0 radical (unpaired) electrons. The Balaban J connectivity index is 1.45. The molecular weight excluding hydrogens is 314 g/mol. The van der Waals surface area contributed by atoms with Gasteiger partial charge in [-0.25, -0.2) is 0 Å². The quantitative estimate of drug-likeness (QED) is 0.719. The van der Waals surface area contributed by atoms with Gasteiger partial charge in [-0.05, 0) is 24.5 Å². The number of aromatic nitrogens is 2. The Morgan fingerprint density at radius 3 is 2.60 bits per heavy atom. The molecule has 0 aliphatic rings. The lowest BCUT2D eigenvalue weighted by atomic mass is 10.1. The Morgan fingerprint density at radius 2 is 1.80 bits per heavy atom. The summed E-state index contributed by atoms with van der Waals surface area (Å²) in [5, 5.41) is 6.92. The molecule has 0 saturated heterocycles. The van der Waals surface area contributed by atoms with Crippen LogP contribution in [0, 0.1) is 6.92 Å². The van der Waals surface area contributed by atoms with E-state index in [1.54, 1.807) is 0 Å². The second-order valence-electron chi connectivity index (χ2n) is 5.91. The smallest absolute Gasteiger partial charge is 0.228 e. The van der Waals surface area contributed by atoms with Crippen molar-refractivity contribution in [2.45, 2.75) is 26.2 Å². The molecular formula is C20H21N3O2. The molecule has 0 atom stereocenters. The zero-order valence-electron chi connectivity index (χ0n) is 14.2. The first-order chi connectivity index (χ1) is 12.2. The lowest BCUT2D eigenvalue weighted by Gasteiger charge is -2.03. The number of nitrogens with zero attached hydrogens (tertiary/aromatic N) is 2. The molecule has 1 amide bonds. The van der Waals surface area contributed by atoms with Gasteiger partial charge in [-0.1, -0.05) is 59.8 Å². The molecule has 3 aromatic rings. The first-order valence-corrected chi connectivity index (χ1v) is 8.41. The molecule has 0 bridgehead atoms. The first-order valence-electron chi connectivity index (χ1n) is 8.41. The molecule has 0 fully saturated rings. The van der Waals surface area contributed by atoms with E-state index in [1.165, 1.54) is 0 Å². The number of nitrogens with one attached hydrogen (secondary N) is 1. The van der Waals surface area contributed by atoms with Gasteiger partial charge in [-0.2, -0.15) is 4.98 Å². The van der Waals surface area contributed by atoms with Gasteiger partial charge in [0.1, 0.15) is 0 Å². The number of hydrogen-bond donors (Lipinski definition) is 1. The molecule has 1 heterocycles. The van der Waals surface area contributed by atoms with Crippen LogP contribution >= 0.6 is 0 Å². The van der Waals surface area contributed by atoms with Crippen molar-refractivity contribution in [3.8, 4) is 11.4 Å². The van der Waals surface area contributed by atoms with Crippen LogP contribution in [0.1, 0.15) is 23.4 Å². The second-order valence-corrected chi connectivity index (χ2v) is 5.91. The van der Waals surface area contributed by atoms with Gasteiger partial charge in [-0.15, -0.1) is 0 Å². The topological polar surface area (TPSA) is 68.0 Å². The summed E-state index contributed by atoms with van der Waals surface area (Å²) in [6.07, 6.45) is 1.74. The van der Waals surface area contributed by atoms with Crippen molar-refractivity contribution in [2.75, 3.05) is 6.54 Å². The number of hydrogen-bond acceptors (Lipinski definition) is 4. The zero-order valence-corrected chi connectivity index (χ0v) is 14.2. The van der Waals surface area contributed by atoms with E-state index in [1.807, 2.05) is 61.5 Å². The van der Waals surface area contributed by atoms with E-state index in [0.717, 1.165) is 23.1 Å². The zero-order chi connectivity index (χ0) is 17.5. The third kappa shape index (κ3) is 4.76. The molecule has 1 N–H and O–H groups in total. The van der Waals surface area contributed by atoms with Crippen LogP contribution in [-0.4, -0.2) is 22.6 Å². The SMILES string of the molecule is Cc1ccccc1-c1noc(CCNC(=O)CCc2ccccc2)n1. The van der Waals surface area contributed by atoms with Crippen LogP contribution in [0.15, 0.2) is 59.1 Å². The maximum atomic E-state index is 11.9. The van der Waals surface area contributed by atoms with Crippen molar-refractivity contribution in [3.63, 3.8) is 0 Å². The highest BCUT2D eigenvalue weighted by Gasteiger charge is 2.10. The number of rotatable bonds is 7. The molecule has 2 aromatic carbocycles. The van der Waals surface area contributed by atoms with Gasteiger partial charge in [0.15, 0.2) is 0 Å². The first kappa shape index (κ1) is 16.9. The standard InChI is InChI=1S/C20H21N3O2/c1-15-7-5-6-10-17(15)20-22-19(25-23-20)13-14-21-18(24)12-11-16-8-3-2-4-9-16/h2-10H,11-14H2,1H3,(H,21,24). The highest BCUT2D eigenvalue weighted by molar-refractivity contribution is 5.76. The Bertz CT molecular complexity index is 828. The molecule has 0 aliphatic carbocycles. The molecule has 0 saturated carbocycles. The summed E-state index contributed by atoms with van der Waals surface area (Å²) >= 11 is 0. The van der Waals surface area contributed by atoms with Crippen LogP contribution in [0.4, 0.5) is 0 Å². The molecule has 0 spiro atoms. The Hall–Kier alpha value is -2.95. The minimum Gasteiger partial charge on any atom is -0.356 e. The molecule has 128 valence electrons. The van der Waals surface area contributed by atoms with Crippen molar-refractivity contribution >= 4 is 5.91 Å². The summed E-state index contributed by atoms with van der Waals surface area (Å²) in [6.45, 7) is 2.50. The second kappa shape index (κ2) is 8.24. The largest absolute Gasteiger partial charge is 0.356 e. The molecule has 3 rings (SSSR count). The predicted molar refractivity (Wildman–Crippen MR) is 95.9 cm³/mol. The van der Waals surface area contributed by atoms with Gasteiger partial charge in [0.05, 0.1) is 0 Å². The molecule has 0 aliphatic heterocycles. The number of aryl methyl sites for hydroxylation is 2. The lowest BCUT2D eigenvalue weighted by Crippen LogP contribution is -2.25. The normalized spacial score (nSPS) is 10.6. The minimum atomic E-state index is 0.0301. The lowest BCUT2D eigenvalue weighted by molar-refractivity contribution is -0.121. The maximum Gasteiger partial charge on any atom is 0.228 e. The van der Waals surface area contributed by atoms with Crippen molar-refractivity contribution in [1.82, 2.24) is 15.5 Å². The highest BCUT2D eigenvalue weighted by atomic mass is 16.5. The average molecular weight is 335 g/mol. The van der Waals surface area contributed by atoms with E-state index in [4.69, 9.17) is 4.52 Å². The molecule has 25 heavy (non-hydrogen) atoms. The van der Waals surface area contributed by atoms with E-state index in [9.17, 15) is 4.79 Å². The van der Waals surface area contributed by atoms with Crippen LogP contribution < -0.4 is 5.32 Å². The van der Waals surface area contributed by atoms with Gasteiger partial charge >= 0.3 is 0 Å². The Kier molecular flexibility index (Phi) is 5.57. The van der Waals surface area contributed by atoms with E-state index in [2.05, 4.69) is 15.5 Å². The third-order valence-electron chi connectivity index (χ3n) is 4.00. The van der Waals surface area contributed by atoms with E-state index >= 15 is 0 Å². The van der Waals surface area contributed by atoms with Crippen molar-refractivity contribution < 1.29 is 9.32 Å². The van der Waals surface area contributed by atoms with E-state index in [0.29, 0.717) is 31.1 Å². The number of carbonyl (C=O) groups excluding carboxylic acids is 1. The summed E-state index contributed by atoms with van der Waals surface area (Å²) < 4.78 is 5.27. The summed E-state index contributed by atoms with van der Waals surface area (Å²) in [5.74, 6) is 1.15. The van der Waals surface area contributed by atoms with E-state index < -0.39 is 0 Å². The summed E-state index contributed by atoms with van der Waals surface area (Å²) in [6, 6.07) is 17.9. The Morgan fingerprint density at radius 1 is 1.04 bits per heavy atom. The summed E-state index contributed by atoms with van der Waals surface area (Å²) in [4.78, 5) is 16.3. The monoisotopic (exact) mass is 335 g/mol. The average Bonchev–Trinajstić information content (AvgIpc) is 3.10. The van der Waals surface area contributed by atoms with Gasteiger partial charge < -0.3 is 9.84 Å². The van der Waals surface area contributed by atoms with Crippen LogP contribution in [-0.2, 0) is 17.6 Å². The highest BCUT2D eigenvalue weighted by Crippen LogP contribution is 2.19. The number of carbonyl (C=O) groups is 1. The summed E-state index contributed by atoms with van der Waals surface area (Å²) in [5.41, 5.74) is 3.23. The van der Waals surface area contributed by atoms with Crippen molar-refractivity contribution in [3.05, 3.63) is 71.6 Å². The Labute approximate surface area is 147 Å². The third-order valence-corrected chi connectivity index (χ3v) is 4.00. The summed E-state index contributed by atoms with van der Waals surface area (Å²) in [7, 11) is 0. The van der Waals surface area contributed by atoms with Crippen LogP contribution in [0.3, 0.4) is 0 Å². The fraction of sp³-hybridized carbons (Fsp3) is 0.250. The number of benzene rings is 2. The fourth-order valence-corrected chi connectivity index (χ4v) is 2.59.